The fourth-order valence-corrected chi connectivity index (χ4v) is 2.45. The average Bonchev–Trinajstić information content (AvgIpc) is 2.97. The van der Waals surface area contributed by atoms with Crippen LogP contribution in [0.3, 0.4) is 0 Å². The summed E-state index contributed by atoms with van der Waals surface area (Å²) in [7, 11) is 1.50. The lowest BCUT2D eigenvalue weighted by atomic mass is 10.2. The Labute approximate surface area is 143 Å². The number of carbonyl (C=O) groups excluding carboxylic acids is 1. The maximum Gasteiger partial charge on any atom is 0.281 e. The zero-order chi connectivity index (χ0) is 17.5. The van der Waals surface area contributed by atoms with E-state index in [4.69, 9.17) is 13.9 Å². The second-order valence-electron chi connectivity index (χ2n) is 4.50. The number of rotatable bonds is 8. The maximum absolute atomic E-state index is 11.3. The van der Waals surface area contributed by atoms with Gasteiger partial charge in [-0.25, -0.2) is 0 Å². The van der Waals surface area contributed by atoms with Gasteiger partial charge in [0.25, 0.3) is 5.22 Å². The highest BCUT2D eigenvalue weighted by Crippen LogP contribution is 2.31. The molecule has 1 aromatic heterocycles. The number of ether oxygens (including phenoxy) is 2. The first-order valence-corrected chi connectivity index (χ1v) is 7.68. The zero-order valence-electron chi connectivity index (χ0n) is 13.1. The number of aryl methyl sites for hydroxylation is 1. The number of hydrogen-bond donors (Lipinski definition) is 0. The summed E-state index contributed by atoms with van der Waals surface area (Å²) in [5, 5.41) is 18.8. The van der Waals surface area contributed by atoms with Crippen LogP contribution in [0.25, 0.3) is 6.08 Å². The van der Waals surface area contributed by atoms with Crippen LogP contribution in [0.1, 0.15) is 11.5 Å². The molecule has 0 atom stereocenters. The summed E-state index contributed by atoms with van der Waals surface area (Å²) in [6.45, 7) is 5.53. The van der Waals surface area contributed by atoms with Crippen LogP contribution in [0.5, 0.6) is 11.5 Å². The van der Waals surface area contributed by atoms with Gasteiger partial charge in [-0.2, -0.15) is 0 Å². The number of aromatic nitrogens is 2. The standard InChI is InChI=1S/C16H16N2O5S/c1-4-7-22-12-6-5-11(8-13(12)21-3)9-14(15(19)20)24-16-18-17-10(2)23-16/h4-6,8-9H,1,7H2,2-3H3,(H,19,20)/p-1/b14-9-. The molecule has 0 saturated carbocycles. The molecule has 0 aliphatic carbocycles. The Kier molecular flexibility index (Phi) is 6.02. The topological polar surface area (TPSA) is 97.5 Å². The number of nitrogens with zero attached hydrogens (tertiary/aromatic N) is 2. The number of carbonyl (C=O) groups is 1. The minimum atomic E-state index is -1.35. The van der Waals surface area contributed by atoms with Crippen molar-refractivity contribution in [3.05, 3.63) is 47.2 Å². The van der Waals surface area contributed by atoms with Gasteiger partial charge in [0.2, 0.25) is 5.89 Å². The molecular weight excluding hydrogens is 332 g/mol. The molecule has 0 aliphatic rings. The molecule has 0 N–H and O–H groups in total. The molecule has 7 nitrogen and oxygen atoms in total. The van der Waals surface area contributed by atoms with Crippen LogP contribution in [-0.4, -0.2) is 29.9 Å². The first kappa shape index (κ1) is 17.6. The van der Waals surface area contributed by atoms with Crippen molar-refractivity contribution in [2.45, 2.75) is 12.1 Å². The highest BCUT2D eigenvalue weighted by Gasteiger charge is 2.10. The summed E-state index contributed by atoms with van der Waals surface area (Å²) >= 11 is 0.817. The first-order chi connectivity index (χ1) is 11.5. The number of methoxy groups -OCH3 is 1. The predicted molar refractivity (Wildman–Crippen MR) is 86.6 cm³/mol. The summed E-state index contributed by atoms with van der Waals surface area (Å²) in [5.74, 6) is 0.00838. The Morgan fingerprint density at radius 1 is 1.42 bits per heavy atom. The summed E-state index contributed by atoms with van der Waals surface area (Å²) in [6, 6.07) is 5.03. The summed E-state index contributed by atoms with van der Waals surface area (Å²) < 4.78 is 15.9. The van der Waals surface area contributed by atoms with Crippen molar-refractivity contribution in [3.8, 4) is 11.5 Å². The zero-order valence-corrected chi connectivity index (χ0v) is 14.0. The van der Waals surface area contributed by atoms with Crippen LogP contribution in [0.2, 0.25) is 0 Å². The van der Waals surface area contributed by atoms with E-state index in [2.05, 4.69) is 16.8 Å². The second kappa shape index (κ2) is 8.21. The molecule has 0 amide bonds. The Balaban J connectivity index is 2.28. The van der Waals surface area contributed by atoms with E-state index in [-0.39, 0.29) is 10.1 Å². The van der Waals surface area contributed by atoms with Crippen LogP contribution in [0, 0.1) is 6.92 Å². The minimum Gasteiger partial charge on any atom is -0.544 e. The SMILES string of the molecule is C=CCOc1ccc(/C=C(\Sc2nnc(C)o2)C(=O)[O-])cc1OC. The van der Waals surface area contributed by atoms with Crippen molar-refractivity contribution in [2.75, 3.05) is 13.7 Å². The molecule has 0 bridgehead atoms. The van der Waals surface area contributed by atoms with Crippen molar-refractivity contribution < 1.29 is 23.8 Å². The lowest BCUT2D eigenvalue weighted by molar-refractivity contribution is -0.298. The lowest BCUT2D eigenvalue weighted by Gasteiger charge is -2.11. The van der Waals surface area contributed by atoms with Gasteiger partial charge < -0.3 is 23.8 Å². The normalized spacial score (nSPS) is 11.2. The Hall–Kier alpha value is -2.74. The molecule has 0 radical (unpaired) electrons. The van der Waals surface area contributed by atoms with Crippen LogP contribution in [0.4, 0.5) is 0 Å². The van der Waals surface area contributed by atoms with Crippen LogP contribution in [-0.2, 0) is 4.79 Å². The third-order valence-corrected chi connectivity index (χ3v) is 3.59. The molecule has 2 rings (SSSR count). The molecule has 0 fully saturated rings. The fourth-order valence-electron chi connectivity index (χ4n) is 1.74. The molecule has 8 heteroatoms. The average molecular weight is 347 g/mol. The van der Waals surface area contributed by atoms with E-state index in [0.29, 0.717) is 29.6 Å². The number of carboxylic acids is 1. The van der Waals surface area contributed by atoms with Crippen molar-refractivity contribution in [2.24, 2.45) is 0 Å². The molecule has 126 valence electrons. The molecule has 24 heavy (non-hydrogen) atoms. The number of thioether (sulfide) groups is 1. The van der Waals surface area contributed by atoms with Crippen LogP contribution in [0.15, 0.2) is 45.4 Å². The number of aliphatic carboxylic acids is 1. The van der Waals surface area contributed by atoms with E-state index in [9.17, 15) is 9.90 Å². The van der Waals surface area contributed by atoms with Gasteiger partial charge in [0, 0.05) is 11.8 Å². The van der Waals surface area contributed by atoms with Crippen molar-refractivity contribution in [3.63, 3.8) is 0 Å². The molecule has 2 aromatic rings. The second-order valence-corrected chi connectivity index (χ2v) is 5.49. The van der Waals surface area contributed by atoms with E-state index in [0.717, 1.165) is 11.8 Å². The van der Waals surface area contributed by atoms with Gasteiger partial charge >= 0.3 is 0 Å². The number of carboxylic acid groups (broad SMARTS) is 1. The maximum atomic E-state index is 11.3. The third kappa shape index (κ3) is 4.63. The molecule has 0 saturated heterocycles. The molecule has 0 aliphatic heterocycles. The van der Waals surface area contributed by atoms with E-state index >= 15 is 0 Å². The van der Waals surface area contributed by atoms with Gasteiger partial charge in [-0.05, 0) is 35.5 Å². The molecule has 1 aromatic carbocycles. The van der Waals surface area contributed by atoms with Crippen LogP contribution >= 0.6 is 11.8 Å². The van der Waals surface area contributed by atoms with E-state index < -0.39 is 5.97 Å². The highest BCUT2D eigenvalue weighted by molar-refractivity contribution is 8.03. The van der Waals surface area contributed by atoms with E-state index in [1.165, 1.54) is 13.2 Å². The first-order valence-electron chi connectivity index (χ1n) is 6.86. The monoisotopic (exact) mass is 347 g/mol. The third-order valence-electron chi connectivity index (χ3n) is 2.75. The summed E-state index contributed by atoms with van der Waals surface area (Å²) in [4.78, 5) is 11.3. The Morgan fingerprint density at radius 3 is 2.79 bits per heavy atom. The van der Waals surface area contributed by atoms with Crippen molar-refractivity contribution >= 4 is 23.8 Å². The largest absolute Gasteiger partial charge is 0.544 e. The van der Waals surface area contributed by atoms with Gasteiger partial charge in [0.05, 0.1) is 13.1 Å². The lowest BCUT2D eigenvalue weighted by Crippen LogP contribution is -2.23. The van der Waals surface area contributed by atoms with Gasteiger partial charge in [0.15, 0.2) is 11.5 Å². The van der Waals surface area contributed by atoms with Crippen molar-refractivity contribution in [1.82, 2.24) is 10.2 Å². The van der Waals surface area contributed by atoms with Crippen LogP contribution < -0.4 is 14.6 Å². The van der Waals surface area contributed by atoms with E-state index in [1.807, 2.05) is 0 Å². The molecular formula is C16H15N2O5S-. The van der Waals surface area contributed by atoms with Crippen molar-refractivity contribution in [1.29, 1.82) is 0 Å². The fraction of sp³-hybridized carbons (Fsp3) is 0.188. The predicted octanol–water partition coefficient (Wildman–Crippen LogP) is 1.83. The van der Waals surface area contributed by atoms with Gasteiger partial charge in [0.1, 0.15) is 6.61 Å². The summed E-state index contributed by atoms with van der Waals surface area (Å²) in [5.41, 5.74) is 0.598. The van der Waals surface area contributed by atoms with Gasteiger partial charge in [-0.1, -0.05) is 18.7 Å². The molecule has 0 unspecified atom stereocenters. The van der Waals surface area contributed by atoms with Gasteiger partial charge in [-0.3, -0.25) is 0 Å². The minimum absolute atomic E-state index is 0.0690. The Bertz CT molecular complexity index is 770. The van der Waals surface area contributed by atoms with E-state index in [1.54, 1.807) is 31.2 Å². The Morgan fingerprint density at radius 2 is 2.21 bits per heavy atom. The highest BCUT2D eigenvalue weighted by atomic mass is 32.2. The summed E-state index contributed by atoms with van der Waals surface area (Å²) in [6.07, 6.45) is 3.05. The smallest absolute Gasteiger partial charge is 0.281 e. The molecule has 0 spiro atoms. The van der Waals surface area contributed by atoms with Gasteiger partial charge in [-0.15, -0.1) is 10.2 Å². The number of hydrogen-bond acceptors (Lipinski definition) is 8. The number of benzene rings is 1. The quantitative estimate of drug-likeness (QED) is 0.405. The molecule has 1 heterocycles.